The highest BCUT2D eigenvalue weighted by atomic mass is 16.6. The summed E-state index contributed by atoms with van der Waals surface area (Å²) >= 11 is 0. The van der Waals surface area contributed by atoms with E-state index in [4.69, 9.17) is 18.9 Å². The normalized spacial score (nSPS) is 13.7. The van der Waals surface area contributed by atoms with Crippen LogP contribution in [0.4, 0.5) is 15.3 Å². The van der Waals surface area contributed by atoms with E-state index in [0.29, 0.717) is 75.5 Å². The number of benzene rings is 1. The first-order valence-corrected chi connectivity index (χ1v) is 10.1. The Morgan fingerprint density at radius 3 is 1.83 bits per heavy atom. The number of amides is 3. The molecular formula is C20H31N3O6. The molecule has 1 N–H and O–H groups in total. The van der Waals surface area contributed by atoms with Crippen molar-refractivity contribution in [3.63, 3.8) is 0 Å². The van der Waals surface area contributed by atoms with Crippen LogP contribution in [-0.4, -0.2) is 74.5 Å². The smallest absolute Gasteiger partial charge is 0.409 e. The first kappa shape index (κ1) is 22.4. The van der Waals surface area contributed by atoms with Gasteiger partial charge in [-0.25, -0.2) is 9.59 Å². The number of urea groups is 1. The van der Waals surface area contributed by atoms with Crippen LogP contribution in [0.25, 0.3) is 0 Å². The molecule has 1 fully saturated rings. The van der Waals surface area contributed by atoms with Gasteiger partial charge in [0, 0.05) is 38.3 Å². The van der Waals surface area contributed by atoms with Gasteiger partial charge < -0.3 is 34.1 Å². The van der Waals surface area contributed by atoms with Gasteiger partial charge in [0.2, 0.25) is 5.75 Å². The van der Waals surface area contributed by atoms with Crippen LogP contribution in [0.2, 0.25) is 0 Å². The summed E-state index contributed by atoms with van der Waals surface area (Å²) in [6.07, 6.45) is -0.346. The number of hydrogen-bond donors (Lipinski definition) is 1. The molecule has 0 saturated carbocycles. The molecule has 0 bridgehead atoms. The van der Waals surface area contributed by atoms with Crippen molar-refractivity contribution in [3.8, 4) is 17.2 Å². The van der Waals surface area contributed by atoms with E-state index in [1.807, 2.05) is 20.8 Å². The minimum Gasteiger partial charge on any atom is -0.490 e. The highest BCUT2D eigenvalue weighted by Gasteiger charge is 2.25. The van der Waals surface area contributed by atoms with Crippen LogP contribution in [0.1, 0.15) is 27.7 Å². The average Bonchev–Trinajstić information content (AvgIpc) is 2.71. The second kappa shape index (κ2) is 11.2. The zero-order valence-corrected chi connectivity index (χ0v) is 17.7. The first-order valence-electron chi connectivity index (χ1n) is 10.1. The molecule has 162 valence electrons. The van der Waals surface area contributed by atoms with Crippen molar-refractivity contribution in [2.45, 2.75) is 27.7 Å². The predicted molar refractivity (Wildman–Crippen MR) is 109 cm³/mol. The predicted octanol–water partition coefficient (Wildman–Crippen LogP) is 3.19. The maximum absolute atomic E-state index is 12.7. The molecule has 1 aromatic carbocycles. The Kier molecular flexibility index (Phi) is 8.69. The van der Waals surface area contributed by atoms with Crippen molar-refractivity contribution in [2.75, 3.05) is 57.9 Å². The van der Waals surface area contributed by atoms with Crippen LogP contribution in [0, 0.1) is 0 Å². The number of anilines is 1. The van der Waals surface area contributed by atoms with Crippen molar-refractivity contribution >= 4 is 17.8 Å². The van der Waals surface area contributed by atoms with E-state index in [0.717, 1.165) is 0 Å². The third-order valence-electron chi connectivity index (χ3n) is 4.25. The van der Waals surface area contributed by atoms with E-state index in [-0.39, 0.29) is 12.1 Å². The monoisotopic (exact) mass is 409 g/mol. The molecule has 0 aromatic heterocycles. The lowest BCUT2D eigenvalue weighted by molar-refractivity contribution is 0.0868. The van der Waals surface area contributed by atoms with Crippen molar-refractivity contribution in [3.05, 3.63) is 12.1 Å². The summed E-state index contributed by atoms with van der Waals surface area (Å²) in [4.78, 5) is 27.7. The summed E-state index contributed by atoms with van der Waals surface area (Å²) in [6.45, 7) is 10.9. The Morgan fingerprint density at radius 2 is 1.34 bits per heavy atom. The minimum absolute atomic E-state index is 0.248. The fraction of sp³-hybridized carbons (Fsp3) is 0.600. The van der Waals surface area contributed by atoms with Crippen molar-refractivity contribution in [1.29, 1.82) is 0 Å². The number of carbonyl (C=O) groups is 2. The molecule has 1 aliphatic rings. The summed E-state index contributed by atoms with van der Waals surface area (Å²) in [5, 5.41) is 2.88. The second-order valence-corrected chi connectivity index (χ2v) is 6.20. The molecule has 1 aromatic rings. The zero-order chi connectivity index (χ0) is 21.2. The summed E-state index contributed by atoms with van der Waals surface area (Å²) in [7, 11) is 0. The Bertz CT molecular complexity index is 662. The number of rotatable bonds is 8. The number of piperazine rings is 1. The first-order chi connectivity index (χ1) is 14.0. The van der Waals surface area contributed by atoms with Crippen LogP contribution >= 0.6 is 0 Å². The van der Waals surface area contributed by atoms with Crippen molar-refractivity contribution < 1.29 is 28.5 Å². The maximum Gasteiger partial charge on any atom is 0.409 e. The SMILES string of the molecule is CCOC(=O)N1CCN(C(=O)Nc2cc(OCC)c(OCC)c(OCC)c2)CC1. The van der Waals surface area contributed by atoms with Crippen LogP contribution in [0.5, 0.6) is 17.2 Å². The summed E-state index contributed by atoms with van der Waals surface area (Å²) in [6, 6.07) is 3.20. The Labute approximate surface area is 171 Å². The zero-order valence-electron chi connectivity index (χ0n) is 17.7. The van der Waals surface area contributed by atoms with Crippen molar-refractivity contribution in [2.24, 2.45) is 0 Å². The molecule has 3 amide bonds. The molecule has 0 spiro atoms. The fourth-order valence-corrected chi connectivity index (χ4v) is 2.97. The van der Waals surface area contributed by atoms with Crippen LogP contribution < -0.4 is 19.5 Å². The largest absolute Gasteiger partial charge is 0.490 e. The molecule has 0 radical (unpaired) electrons. The van der Waals surface area contributed by atoms with Gasteiger partial charge in [-0.05, 0) is 27.7 Å². The molecule has 9 heteroatoms. The Morgan fingerprint density at radius 1 is 0.828 bits per heavy atom. The van der Waals surface area contributed by atoms with Crippen molar-refractivity contribution in [1.82, 2.24) is 9.80 Å². The molecule has 29 heavy (non-hydrogen) atoms. The van der Waals surface area contributed by atoms with Gasteiger partial charge in [0.05, 0.1) is 32.1 Å². The average molecular weight is 409 g/mol. The van der Waals surface area contributed by atoms with E-state index in [9.17, 15) is 9.59 Å². The van der Waals surface area contributed by atoms with Crippen LogP contribution in [0.3, 0.4) is 0 Å². The van der Waals surface area contributed by atoms with E-state index >= 15 is 0 Å². The third-order valence-corrected chi connectivity index (χ3v) is 4.25. The number of nitrogens with zero attached hydrogens (tertiary/aromatic N) is 2. The molecule has 0 atom stereocenters. The van der Waals surface area contributed by atoms with Gasteiger partial charge in [-0.1, -0.05) is 0 Å². The van der Waals surface area contributed by atoms with E-state index in [1.165, 1.54) is 0 Å². The summed E-state index contributed by atoms with van der Waals surface area (Å²) in [5.41, 5.74) is 0.554. The second-order valence-electron chi connectivity index (χ2n) is 6.20. The van der Waals surface area contributed by atoms with Gasteiger partial charge in [-0.15, -0.1) is 0 Å². The lowest BCUT2D eigenvalue weighted by Gasteiger charge is -2.34. The molecule has 2 rings (SSSR count). The fourth-order valence-electron chi connectivity index (χ4n) is 2.97. The molecule has 1 saturated heterocycles. The van der Waals surface area contributed by atoms with Gasteiger partial charge >= 0.3 is 12.1 Å². The van der Waals surface area contributed by atoms with Gasteiger partial charge in [0.25, 0.3) is 0 Å². The third kappa shape index (κ3) is 6.07. The van der Waals surface area contributed by atoms with E-state index in [2.05, 4.69) is 5.32 Å². The lowest BCUT2D eigenvalue weighted by Crippen LogP contribution is -2.51. The standard InChI is InChI=1S/C20H31N3O6/c1-5-26-16-13-15(14-17(27-6-2)18(16)28-7-3)21-19(24)22-9-11-23(12-10-22)20(25)29-8-4/h13-14H,5-12H2,1-4H3,(H,21,24). The summed E-state index contributed by atoms with van der Waals surface area (Å²) in [5.74, 6) is 1.56. The van der Waals surface area contributed by atoms with Crippen LogP contribution in [-0.2, 0) is 4.74 Å². The molecular weight excluding hydrogens is 378 g/mol. The van der Waals surface area contributed by atoms with E-state index < -0.39 is 0 Å². The van der Waals surface area contributed by atoms with Gasteiger partial charge in [0.1, 0.15) is 0 Å². The lowest BCUT2D eigenvalue weighted by atomic mass is 10.2. The highest BCUT2D eigenvalue weighted by molar-refractivity contribution is 5.90. The Balaban J connectivity index is 2.08. The van der Waals surface area contributed by atoms with E-state index in [1.54, 1.807) is 28.9 Å². The number of carbonyl (C=O) groups excluding carboxylic acids is 2. The number of nitrogens with one attached hydrogen (secondary N) is 1. The molecule has 0 aliphatic carbocycles. The maximum atomic E-state index is 12.7. The van der Waals surface area contributed by atoms with Gasteiger partial charge in [0.15, 0.2) is 11.5 Å². The molecule has 1 aliphatic heterocycles. The number of hydrogen-bond acceptors (Lipinski definition) is 6. The van der Waals surface area contributed by atoms with Gasteiger partial charge in [-0.3, -0.25) is 0 Å². The topological polar surface area (TPSA) is 89.6 Å². The highest BCUT2D eigenvalue weighted by Crippen LogP contribution is 2.40. The minimum atomic E-state index is -0.346. The van der Waals surface area contributed by atoms with Gasteiger partial charge in [-0.2, -0.15) is 0 Å². The van der Waals surface area contributed by atoms with Crippen LogP contribution in [0.15, 0.2) is 12.1 Å². The number of ether oxygens (including phenoxy) is 4. The molecule has 0 unspecified atom stereocenters. The molecule has 1 heterocycles. The molecule has 9 nitrogen and oxygen atoms in total. The Hall–Kier alpha value is -2.84. The quantitative estimate of drug-likeness (QED) is 0.709. The summed E-state index contributed by atoms with van der Waals surface area (Å²) < 4.78 is 22.0.